The van der Waals surface area contributed by atoms with E-state index in [0.29, 0.717) is 5.54 Å². The highest BCUT2D eigenvalue weighted by Crippen LogP contribution is 2.35. The molecule has 0 amide bonds. The van der Waals surface area contributed by atoms with Crippen LogP contribution in [-0.2, 0) is 4.74 Å². The second-order valence-electron chi connectivity index (χ2n) is 8.42. The summed E-state index contributed by atoms with van der Waals surface area (Å²) in [5.74, 6) is 0.949. The van der Waals surface area contributed by atoms with Crippen molar-refractivity contribution in [3.05, 3.63) is 0 Å². The van der Waals surface area contributed by atoms with Crippen LogP contribution < -0.4 is 10.6 Å². The number of hydrogen-bond acceptors (Lipinski definition) is 3. The van der Waals surface area contributed by atoms with Crippen LogP contribution in [0.4, 0.5) is 0 Å². The molecule has 0 aromatic carbocycles. The lowest BCUT2D eigenvalue weighted by Gasteiger charge is -2.48. The van der Waals surface area contributed by atoms with Gasteiger partial charge in [0.1, 0.15) is 0 Å². The summed E-state index contributed by atoms with van der Waals surface area (Å²) in [6, 6.07) is 0. The van der Waals surface area contributed by atoms with Crippen LogP contribution >= 0.6 is 24.0 Å². The third kappa shape index (κ3) is 5.45. The summed E-state index contributed by atoms with van der Waals surface area (Å²) >= 11 is 0. The first kappa shape index (κ1) is 21.2. The molecule has 3 fully saturated rings. The van der Waals surface area contributed by atoms with Crippen molar-refractivity contribution in [3.8, 4) is 0 Å². The number of piperidine rings is 1. The normalized spacial score (nSPS) is 26.2. The molecule has 2 saturated heterocycles. The van der Waals surface area contributed by atoms with Crippen LogP contribution in [-0.4, -0.2) is 62.8 Å². The number of ether oxygens (including phenoxy) is 1. The third-order valence-corrected chi connectivity index (χ3v) is 6.20. The lowest BCUT2D eigenvalue weighted by molar-refractivity contribution is -0.0971. The van der Waals surface area contributed by atoms with Crippen molar-refractivity contribution < 1.29 is 4.74 Å². The number of hydrogen-bond donors (Lipinski definition) is 2. The Labute approximate surface area is 170 Å². The minimum Gasteiger partial charge on any atom is -0.380 e. The molecule has 25 heavy (non-hydrogen) atoms. The van der Waals surface area contributed by atoms with Gasteiger partial charge < -0.3 is 15.4 Å². The number of nitrogens with zero attached hydrogens (tertiary/aromatic N) is 2. The zero-order valence-electron chi connectivity index (χ0n) is 16.1. The van der Waals surface area contributed by atoms with Crippen molar-refractivity contribution in [2.24, 2.45) is 10.4 Å². The van der Waals surface area contributed by atoms with E-state index in [-0.39, 0.29) is 29.4 Å². The number of rotatable bonds is 5. The van der Waals surface area contributed by atoms with Gasteiger partial charge in [-0.15, -0.1) is 24.0 Å². The Bertz CT molecular complexity index is 427. The van der Waals surface area contributed by atoms with Gasteiger partial charge >= 0.3 is 0 Å². The topological polar surface area (TPSA) is 48.9 Å². The van der Waals surface area contributed by atoms with E-state index in [1.165, 1.54) is 64.5 Å². The number of halogens is 1. The molecule has 5 nitrogen and oxygen atoms in total. The highest BCUT2D eigenvalue weighted by Gasteiger charge is 2.38. The van der Waals surface area contributed by atoms with E-state index in [4.69, 9.17) is 4.74 Å². The fourth-order valence-electron chi connectivity index (χ4n) is 4.50. The SMILES string of the molecule is CN=C(NCC1(C)COC1)NCC1(N2CCCCC2)CCCCC1.I. The van der Waals surface area contributed by atoms with Crippen molar-refractivity contribution >= 4 is 29.9 Å². The molecule has 146 valence electrons. The third-order valence-electron chi connectivity index (χ3n) is 6.20. The Hall–Kier alpha value is -0.0800. The van der Waals surface area contributed by atoms with E-state index < -0.39 is 0 Å². The monoisotopic (exact) mass is 464 g/mol. The number of likely N-dealkylation sites (tertiary alicyclic amines) is 1. The molecule has 3 aliphatic rings. The van der Waals surface area contributed by atoms with Gasteiger partial charge in [-0.05, 0) is 38.8 Å². The van der Waals surface area contributed by atoms with Crippen molar-refractivity contribution in [1.82, 2.24) is 15.5 Å². The Morgan fingerprint density at radius 3 is 2.12 bits per heavy atom. The van der Waals surface area contributed by atoms with E-state index in [1.54, 1.807) is 0 Å². The molecule has 2 N–H and O–H groups in total. The van der Waals surface area contributed by atoms with Crippen LogP contribution in [0.5, 0.6) is 0 Å². The van der Waals surface area contributed by atoms with E-state index in [9.17, 15) is 0 Å². The summed E-state index contributed by atoms with van der Waals surface area (Å²) in [6.45, 7) is 8.51. The summed E-state index contributed by atoms with van der Waals surface area (Å²) < 4.78 is 5.35. The molecular weight excluding hydrogens is 427 g/mol. The van der Waals surface area contributed by atoms with Crippen LogP contribution in [0.1, 0.15) is 58.3 Å². The Morgan fingerprint density at radius 1 is 0.960 bits per heavy atom. The molecule has 1 saturated carbocycles. The summed E-state index contributed by atoms with van der Waals surface area (Å²) in [5, 5.41) is 7.17. The van der Waals surface area contributed by atoms with E-state index in [1.807, 2.05) is 7.05 Å². The van der Waals surface area contributed by atoms with Gasteiger partial charge in [-0.1, -0.05) is 32.6 Å². The quantitative estimate of drug-likeness (QED) is 0.373. The second-order valence-corrected chi connectivity index (χ2v) is 8.42. The molecule has 0 spiro atoms. The smallest absolute Gasteiger partial charge is 0.191 e. The van der Waals surface area contributed by atoms with Crippen LogP contribution in [0.2, 0.25) is 0 Å². The van der Waals surface area contributed by atoms with Crippen LogP contribution in [0, 0.1) is 5.41 Å². The molecule has 1 aliphatic carbocycles. The van der Waals surface area contributed by atoms with Crippen molar-refractivity contribution in [2.75, 3.05) is 46.4 Å². The summed E-state index contributed by atoms with van der Waals surface area (Å²) in [6.07, 6.45) is 11.0. The molecule has 0 aromatic heterocycles. The van der Waals surface area contributed by atoms with Gasteiger partial charge in [0, 0.05) is 31.1 Å². The largest absolute Gasteiger partial charge is 0.380 e. The summed E-state index contributed by atoms with van der Waals surface area (Å²) in [7, 11) is 1.88. The van der Waals surface area contributed by atoms with Gasteiger partial charge in [0.2, 0.25) is 0 Å². The molecule has 3 rings (SSSR count). The minimum atomic E-state index is 0. The molecule has 0 radical (unpaired) electrons. The highest BCUT2D eigenvalue weighted by atomic mass is 127. The molecule has 2 aliphatic heterocycles. The average Bonchev–Trinajstić information content (AvgIpc) is 2.62. The van der Waals surface area contributed by atoms with Crippen LogP contribution in [0.25, 0.3) is 0 Å². The first-order valence-electron chi connectivity index (χ1n) is 9.93. The molecule has 0 unspecified atom stereocenters. The van der Waals surface area contributed by atoms with Gasteiger partial charge in [-0.3, -0.25) is 9.89 Å². The predicted octanol–water partition coefficient (Wildman–Crippen LogP) is 2.99. The average molecular weight is 464 g/mol. The molecule has 2 heterocycles. The minimum absolute atomic E-state index is 0. The van der Waals surface area contributed by atoms with Crippen molar-refractivity contribution in [2.45, 2.75) is 63.8 Å². The number of guanidine groups is 1. The lowest BCUT2D eigenvalue weighted by atomic mass is 9.79. The van der Waals surface area contributed by atoms with Gasteiger partial charge in [0.25, 0.3) is 0 Å². The standard InChI is InChI=1S/C19H36N4O.HI/c1-18(15-24-16-18)13-21-17(20-2)22-14-19(9-5-3-6-10-19)23-11-7-4-8-12-23;/h3-16H2,1-2H3,(H2,20,21,22);1H. The summed E-state index contributed by atoms with van der Waals surface area (Å²) in [4.78, 5) is 7.23. The molecule has 0 bridgehead atoms. The first-order valence-corrected chi connectivity index (χ1v) is 9.93. The van der Waals surface area contributed by atoms with E-state index in [0.717, 1.165) is 32.3 Å². The maximum Gasteiger partial charge on any atom is 0.191 e. The lowest BCUT2D eigenvalue weighted by Crippen LogP contribution is -2.59. The number of aliphatic imine (C=N–C) groups is 1. The fraction of sp³-hybridized carbons (Fsp3) is 0.947. The summed E-state index contributed by atoms with van der Waals surface area (Å²) in [5.41, 5.74) is 0.618. The Morgan fingerprint density at radius 2 is 1.56 bits per heavy atom. The van der Waals surface area contributed by atoms with Gasteiger partial charge in [0.05, 0.1) is 13.2 Å². The Kier molecular flexibility index (Phi) is 8.27. The zero-order chi connectivity index (χ0) is 16.9. The zero-order valence-corrected chi connectivity index (χ0v) is 18.4. The van der Waals surface area contributed by atoms with Crippen molar-refractivity contribution in [1.29, 1.82) is 0 Å². The maximum atomic E-state index is 5.35. The molecule has 0 aromatic rings. The van der Waals surface area contributed by atoms with Crippen LogP contribution in [0.15, 0.2) is 4.99 Å². The van der Waals surface area contributed by atoms with Gasteiger partial charge in [-0.25, -0.2) is 0 Å². The fourth-order valence-corrected chi connectivity index (χ4v) is 4.50. The Balaban J connectivity index is 0.00000225. The van der Waals surface area contributed by atoms with E-state index >= 15 is 0 Å². The number of nitrogens with one attached hydrogen (secondary N) is 2. The maximum absolute atomic E-state index is 5.35. The highest BCUT2D eigenvalue weighted by molar-refractivity contribution is 14.0. The predicted molar refractivity (Wildman–Crippen MR) is 115 cm³/mol. The van der Waals surface area contributed by atoms with Crippen LogP contribution in [0.3, 0.4) is 0 Å². The first-order chi connectivity index (χ1) is 11.7. The van der Waals surface area contributed by atoms with E-state index in [2.05, 4.69) is 27.4 Å². The molecule has 6 heteroatoms. The molecule has 0 atom stereocenters. The van der Waals surface area contributed by atoms with Crippen molar-refractivity contribution in [3.63, 3.8) is 0 Å². The molecular formula is C19H37IN4O. The second kappa shape index (κ2) is 9.74. The van der Waals surface area contributed by atoms with Gasteiger partial charge in [-0.2, -0.15) is 0 Å². The van der Waals surface area contributed by atoms with Gasteiger partial charge in [0.15, 0.2) is 5.96 Å².